The van der Waals surface area contributed by atoms with Crippen LogP contribution in [0, 0.1) is 29.6 Å². The fraction of sp³-hybridized carbons (Fsp3) is 0.842. The number of hydrogen-bond donors (Lipinski definition) is 0. The number of nitrogens with zero attached hydrogens (tertiary/aromatic N) is 1. The van der Waals surface area contributed by atoms with Gasteiger partial charge in [0, 0.05) is 0 Å². The Balaban J connectivity index is 1.47. The molecule has 0 radical (unpaired) electrons. The molecule has 1 unspecified atom stereocenters. The summed E-state index contributed by atoms with van der Waals surface area (Å²) in [5, 5.41) is 0. The number of β-lactam (4-membered cyclic amide) rings is 1. The first-order valence-electron chi connectivity index (χ1n) is 9.48. The van der Waals surface area contributed by atoms with Crippen LogP contribution in [0.25, 0.3) is 0 Å². The minimum Gasteiger partial charge on any atom is -0.455 e. The van der Waals surface area contributed by atoms with Gasteiger partial charge >= 0.3 is 5.97 Å². The molecule has 5 nitrogen and oxygen atoms in total. The Morgan fingerprint density at radius 1 is 1.17 bits per heavy atom. The second kappa shape index (κ2) is 5.57. The Bertz CT molecular complexity index is 556. The first kappa shape index (κ1) is 16.1. The molecular formula is C19H27NO4. The highest BCUT2D eigenvalue weighted by Gasteiger charge is 2.67. The quantitative estimate of drug-likeness (QED) is 0.586. The molecule has 2 amide bonds. The molecule has 5 heteroatoms. The summed E-state index contributed by atoms with van der Waals surface area (Å²) >= 11 is 0. The molecule has 5 aliphatic rings. The highest BCUT2D eigenvalue weighted by Crippen LogP contribution is 2.64. The van der Waals surface area contributed by atoms with Gasteiger partial charge in [0.25, 0.3) is 5.91 Å². The highest BCUT2D eigenvalue weighted by molar-refractivity contribution is 6.03. The lowest BCUT2D eigenvalue weighted by molar-refractivity contribution is -0.206. The molecule has 4 bridgehead atoms. The van der Waals surface area contributed by atoms with Gasteiger partial charge in [-0.2, -0.15) is 0 Å². The van der Waals surface area contributed by atoms with Crippen LogP contribution in [-0.2, 0) is 19.1 Å². The van der Waals surface area contributed by atoms with Gasteiger partial charge in [0.15, 0.2) is 6.61 Å². The Kier molecular flexibility index (Phi) is 3.73. The van der Waals surface area contributed by atoms with E-state index in [0.717, 1.165) is 37.5 Å². The molecule has 132 valence electrons. The number of likely N-dealkylation sites (tertiary alicyclic amines) is 1. The average Bonchev–Trinajstić information content (AvgIpc) is 2.54. The van der Waals surface area contributed by atoms with Crippen molar-refractivity contribution in [2.75, 3.05) is 6.61 Å². The van der Waals surface area contributed by atoms with Crippen LogP contribution in [0.4, 0.5) is 0 Å². The van der Waals surface area contributed by atoms with Gasteiger partial charge in [-0.25, -0.2) is 0 Å². The molecule has 1 atom stereocenters. The van der Waals surface area contributed by atoms with Gasteiger partial charge in [0.1, 0.15) is 0 Å². The van der Waals surface area contributed by atoms with E-state index < -0.39 is 0 Å². The number of hydrogen-bond acceptors (Lipinski definition) is 4. The average molecular weight is 333 g/mol. The van der Waals surface area contributed by atoms with E-state index >= 15 is 0 Å². The minimum atomic E-state index is -0.349. The van der Waals surface area contributed by atoms with E-state index in [9.17, 15) is 14.4 Å². The molecule has 1 saturated heterocycles. The minimum absolute atomic E-state index is 0.0768. The molecular weight excluding hydrogens is 306 g/mol. The molecule has 4 saturated carbocycles. The number of rotatable bonds is 4. The summed E-state index contributed by atoms with van der Waals surface area (Å²) in [6.07, 6.45) is 7.21. The molecule has 4 aliphatic carbocycles. The molecule has 24 heavy (non-hydrogen) atoms. The van der Waals surface area contributed by atoms with Gasteiger partial charge in [-0.3, -0.25) is 19.3 Å². The fourth-order valence-electron chi connectivity index (χ4n) is 6.07. The van der Waals surface area contributed by atoms with Crippen LogP contribution >= 0.6 is 0 Å². The normalized spacial score (nSPS) is 40.6. The van der Waals surface area contributed by atoms with Crippen molar-refractivity contribution >= 4 is 17.8 Å². The highest BCUT2D eigenvalue weighted by atomic mass is 16.5. The Morgan fingerprint density at radius 3 is 2.25 bits per heavy atom. The number of esters is 1. The van der Waals surface area contributed by atoms with Crippen molar-refractivity contribution in [3.05, 3.63) is 0 Å². The summed E-state index contributed by atoms with van der Waals surface area (Å²) in [5.41, 5.74) is -0.246. The van der Waals surface area contributed by atoms with Crippen LogP contribution in [0.1, 0.15) is 58.8 Å². The third-order valence-corrected chi connectivity index (χ3v) is 7.25. The Morgan fingerprint density at radius 2 is 1.75 bits per heavy atom. The lowest BCUT2D eigenvalue weighted by atomic mass is 9.45. The summed E-state index contributed by atoms with van der Waals surface area (Å²) in [6.45, 7) is 3.42. The van der Waals surface area contributed by atoms with Crippen LogP contribution < -0.4 is 0 Å². The number of ether oxygens (including phenoxy) is 1. The van der Waals surface area contributed by atoms with E-state index in [1.807, 2.05) is 6.92 Å². The predicted octanol–water partition coefficient (Wildman–Crippen LogP) is 2.53. The van der Waals surface area contributed by atoms with Crippen LogP contribution in [0.3, 0.4) is 0 Å². The molecule has 0 aromatic carbocycles. The van der Waals surface area contributed by atoms with Crippen molar-refractivity contribution in [1.82, 2.24) is 4.90 Å². The largest absolute Gasteiger partial charge is 0.455 e. The van der Waals surface area contributed by atoms with E-state index in [2.05, 4.69) is 0 Å². The second-order valence-electron chi connectivity index (χ2n) is 8.51. The summed E-state index contributed by atoms with van der Waals surface area (Å²) in [6, 6.07) is 0. The maximum Gasteiger partial charge on any atom is 0.309 e. The standard InChI is InChI=1S/C19H27NO4/c1-3-11(2)18(23)24-10-17(22)20-16(21)9-19(20)14-5-12-4-13(7-14)8-15(19)6-12/h11-15H,3-10H2,1-2H3. The third kappa shape index (κ3) is 2.16. The van der Waals surface area contributed by atoms with Gasteiger partial charge in [-0.05, 0) is 62.2 Å². The van der Waals surface area contributed by atoms with Crippen molar-refractivity contribution in [3.63, 3.8) is 0 Å². The van der Waals surface area contributed by atoms with Crippen molar-refractivity contribution in [2.24, 2.45) is 29.6 Å². The molecule has 5 fully saturated rings. The summed E-state index contributed by atoms with van der Waals surface area (Å²) < 4.78 is 5.17. The topological polar surface area (TPSA) is 63.7 Å². The Labute approximate surface area is 143 Å². The van der Waals surface area contributed by atoms with E-state index in [1.165, 1.54) is 11.3 Å². The SMILES string of the molecule is CCC(C)C(=O)OCC(=O)N1C(=O)CC12C1CC3CC(C1)CC2C3. The van der Waals surface area contributed by atoms with E-state index in [-0.39, 0.29) is 35.8 Å². The lowest BCUT2D eigenvalue weighted by Gasteiger charge is -2.67. The maximum absolute atomic E-state index is 12.7. The predicted molar refractivity (Wildman–Crippen MR) is 86.7 cm³/mol. The zero-order valence-corrected chi connectivity index (χ0v) is 14.6. The molecule has 5 rings (SSSR count). The molecule has 1 aliphatic heterocycles. The van der Waals surface area contributed by atoms with E-state index in [0.29, 0.717) is 24.7 Å². The second-order valence-corrected chi connectivity index (χ2v) is 8.51. The van der Waals surface area contributed by atoms with Crippen molar-refractivity contribution in [1.29, 1.82) is 0 Å². The lowest BCUT2D eigenvalue weighted by Crippen LogP contribution is -2.76. The number of carbonyl (C=O) groups is 3. The molecule has 1 heterocycles. The molecule has 0 aromatic heterocycles. The van der Waals surface area contributed by atoms with E-state index in [1.54, 1.807) is 6.92 Å². The van der Waals surface area contributed by atoms with Crippen molar-refractivity contribution in [2.45, 2.75) is 64.3 Å². The molecule has 1 spiro atoms. The molecule has 0 N–H and O–H groups in total. The molecule has 0 aromatic rings. The van der Waals surface area contributed by atoms with Crippen LogP contribution in [0.15, 0.2) is 0 Å². The van der Waals surface area contributed by atoms with E-state index in [4.69, 9.17) is 4.74 Å². The van der Waals surface area contributed by atoms with Gasteiger partial charge in [0.05, 0.1) is 17.9 Å². The van der Waals surface area contributed by atoms with Crippen LogP contribution in [0.5, 0.6) is 0 Å². The summed E-state index contributed by atoms with van der Waals surface area (Å²) in [4.78, 5) is 38.3. The number of imide groups is 1. The monoisotopic (exact) mass is 333 g/mol. The maximum atomic E-state index is 12.7. The third-order valence-electron chi connectivity index (χ3n) is 7.25. The Hall–Kier alpha value is -1.39. The smallest absolute Gasteiger partial charge is 0.309 e. The van der Waals surface area contributed by atoms with Crippen LogP contribution in [-0.4, -0.2) is 34.8 Å². The zero-order valence-electron chi connectivity index (χ0n) is 14.6. The first-order valence-corrected chi connectivity index (χ1v) is 9.48. The van der Waals surface area contributed by atoms with Gasteiger partial charge in [-0.15, -0.1) is 0 Å². The van der Waals surface area contributed by atoms with Gasteiger partial charge in [0.2, 0.25) is 5.91 Å². The first-order chi connectivity index (χ1) is 11.5. The van der Waals surface area contributed by atoms with Crippen molar-refractivity contribution < 1.29 is 19.1 Å². The van der Waals surface area contributed by atoms with Gasteiger partial charge < -0.3 is 4.74 Å². The summed E-state index contributed by atoms with van der Waals surface area (Å²) in [7, 11) is 0. The zero-order chi connectivity index (χ0) is 17.1. The van der Waals surface area contributed by atoms with Gasteiger partial charge in [-0.1, -0.05) is 13.8 Å². The fourth-order valence-corrected chi connectivity index (χ4v) is 6.07. The number of carbonyl (C=O) groups excluding carboxylic acids is 3. The van der Waals surface area contributed by atoms with Crippen molar-refractivity contribution in [3.8, 4) is 0 Å². The number of amides is 2. The summed E-state index contributed by atoms with van der Waals surface area (Å²) in [5.74, 6) is 1.60. The van der Waals surface area contributed by atoms with Crippen LogP contribution in [0.2, 0.25) is 0 Å².